The summed E-state index contributed by atoms with van der Waals surface area (Å²) in [6.07, 6.45) is 7.18. The number of carbonyl (C=O) groups excluding carboxylic acids is 2. The molecule has 8 nitrogen and oxygen atoms in total. The lowest BCUT2D eigenvalue weighted by molar-refractivity contribution is -0.150. The molecule has 2 aliphatic rings. The van der Waals surface area contributed by atoms with Crippen molar-refractivity contribution in [3.8, 4) is 0 Å². The molecule has 0 radical (unpaired) electrons. The lowest BCUT2D eigenvalue weighted by atomic mass is 9.74. The Balaban J connectivity index is 1.44. The topological polar surface area (TPSA) is 105 Å². The van der Waals surface area contributed by atoms with Gasteiger partial charge >= 0.3 is 5.97 Å². The average molecular weight is 569 g/mol. The highest BCUT2D eigenvalue weighted by Crippen LogP contribution is 2.42. The summed E-state index contributed by atoms with van der Waals surface area (Å²) in [6.45, 7) is 4.00. The molecule has 5 rings (SSSR count). The van der Waals surface area contributed by atoms with Gasteiger partial charge in [-0.2, -0.15) is 5.10 Å². The number of benzene rings is 1. The number of halogens is 2. The number of amides is 1. The Kier molecular flexibility index (Phi) is 7.53. The van der Waals surface area contributed by atoms with E-state index in [9.17, 15) is 19.5 Å². The van der Waals surface area contributed by atoms with Gasteiger partial charge in [0.2, 0.25) is 0 Å². The first-order valence-corrected chi connectivity index (χ1v) is 13.8. The minimum absolute atomic E-state index is 0.0153. The molecule has 1 saturated heterocycles. The number of carbonyl (C=O) groups is 3. The van der Waals surface area contributed by atoms with Crippen LogP contribution in [0.4, 0.5) is 0 Å². The van der Waals surface area contributed by atoms with E-state index in [1.54, 1.807) is 18.0 Å². The zero-order valence-corrected chi connectivity index (χ0v) is 23.3. The molecule has 2 fully saturated rings. The molecule has 1 amide bonds. The second-order valence-electron chi connectivity index (χ2n) is 10.8. The van der Waals surface area contributed by atoms with Crippen LogP contribution in [0.5, 0.6) is 0 Å². The lowest BCUT2D eigenvalue weighted by Gasteiger charge is -2.34. The molecule has 39 heavy (non-hydrogen) atoms. The quantitative estimate of drug-likeness (QED) is 0.366. The number of hydrogen-bond donors (Lipinski definition) is 1. The van der Waals surface area contributed by atoms with E-state index in [1.165, 1.54) is 12.4 Å². The number of Topliss-reactive ketones (excluding diaryl/α,β-unsaturated/α-hetero) is 1. The van der Waals surface area contributed by atoms with Crippen molar-refractivity contribution in [1.82, 2.24) is 19.7 Å². The van der Waals surface area contributed by atoms with Crippen LogP contribution in [0, 0.1) is 12.3 Å². The molecule has 1 aromatic carbocycles. The highest BCUT2D eigenvalue weighted by atomic mass is 35.5. The summed E-state index contributed by atoms with van der Waals surface area (Å²) in [7, 11) is 0. The summed E-state index contributed by atoms with van der Waals surface area (Å²) in [5.41, 5.74) is 1.62. The highest BCUT2D eigenvalue weighted by molar-refractivity contribution is 6.40. The minimum Gasteiger partial charge on any atom is -0.481 e. The number of carboxylic acids is 1. The van der Waals surface area contributed by atoms with E-state index in [0.29, 0.717) is 49.9 Å². The van der Waals surface area contributed by atoms with Crippen LogP contribution in [0.25, 0.3) is 0 Å². The van der Waals surface area contributed by atoms with Crippen LogP contribution in [-0.4, -0.2) is 55.0 Å². The molecule has 3 aromatic rings. The molecule has 0 unspecified atom stereocenters. The molecular weight excluding hydrogens is 539 g/mol. The van der Waals surface area contributed by atoms with Crippen LogP contribution in [0.1, 0.15) is 83.0 Å². The number of rotatable bonds is 6. The minimum atomic E-state index is -0.777. The number of ketones is 1. The van der Waals surface area contributed by atoms with Crippen molar-refractivity contribution in [2.75, 3.05) is 6.54 Å². The van der Waals surface area contributed by atoms with Crippen LogP contribution in [0.2, 0.25) is 10.0 Å². The van der Waals surface area contributed by atoms with Crippen LogP contribution < -0.4 is 0 Å². The first kappa shape index (κ1) is 27.3. The Morgan fingerprint density at radius 3 is 2.28 bits per heavy atom. The second kappa shape index (κ2) is 10.7. The fourth-order valence-electron chi connectivity index (χ4n) is 5.94. The fraction of sp³-hybridized carbons (Fsp3) is 0.414. The molecule has 1 aliphatic heterocycles. The zero-order chi connectivity index (χ0) is 27.9. The summed E-state index contributed by atoms with van der Waals surface area (Å²) in [5, 5.41) is 14.4. The third-order valence-electron chi connectivity index (χ3n) is 8.43. The Bertz CT molecular complexity index is 1400. The van der Waals surface area contributed by atoms with Crippen LogP contribution in [0.15, 0.2) is 48.9 Å². The number of nitrogens with zero attached hydrogens (tertiary/aromatic N) is 4. The van der Waals surface area contributed by atoms with E-state index < -0.39 is 17.4 Å². The smallest absolute Gasteiger partial charge is 0.309 e. The molecule has 1 N–H and O–H groups in total. The molecule has 2 aromatic heterocycles. The van der Waals surface area contributed by atoms with Crippen molar-refractivity contribution in [3.63, 3.8) is 0 Å². The maximum absolute atomic E-state index is 14.0. The zero-order valence-electron chi connectivity index (χ0n) is 21.8. The molecule has 0 bridgehead atoms. The van der Waals surface area contributed by atoms with Crippen LogP contribution in [-0.2, 0) is 4.79 Å². The van der Waals surface area contributed by atoms with Gasteiger partial charge in [0.05, 0.1) is 44.9 Å². The number of pyridine rings is 1. The van der Waals surface area contributed by atoms with Crippen molar-refractivity contribution in [2.24, 2.45) is 5.41 Å². The molecular formula is C29H30Cl2N4O4. The van der Waals surface area contributed by atoms with Gasteiger partial charge < -0.3 is 10.0 Å². The number of aromatic nitrogens is 3. The number of hydrogen-bond acceptors (Lipinski definition) is 5. The summed E-state index contributed by atoms with van der Waals surface area (Å²) in [6, 6.07) is 9.09. The van der Waals surface area contributed by atoms with Crippen LogP contribution >= 0.6 is 23.2 Å². The van der Waals surface area contributed by atoms with E-state index >= 15 is 0 Å². The molecule has 1 saturated carbocycles. The summed E-state index contributed by atoms with van der Waals surface area (Å²) in [4.78, 5) is 45.1. The predicted octanol–water partition coefficient (Wildman–Crippen LogP) is 5.98. The average Bonchev–Trinajstić information content (AvgIpc) is 3.53. The molecule has 0 spiro atoms. The molecule has 3 heterocycles. The van der Waals surface area contributed by atoms with Gasteiger partial charge in [-0.25, -0.2) is 0 Å². The normalized spacial score (nSPS) is 25.0. The highest BCUT2D eigenvalue weighted by Gasteiger charge is 2.43. The summed E-state index contributed by atoms with van der Waals surface area (Å²) >= 11 is 12.7. The van der Waals surface area contributed by atoms with E-state index in [1.807, 2.05) is 41.9 Å². The van der Waals surface area contributed by atoms with E-state index in [0.717, 1.165) is 5.56 Å². The largest absolute Gasteiger partial charge is 0.481 e. The van der Waals surface area contributed by atoms with Gasteiger partial charge in [0.15, 0.2) is 5.78 Å². The molecule has 1 aliphatic carbocycles. The van der Waals surface area contributed by atoms with Crippen molar-refractivity contribution >= 4 is 40.9 Å². The lowest BCUT2D eigenvalue weighted by Crippen LogP contribution is -2.41. The third kappa shape index (κ3) is 5.08. The van der Waals surface area contributed by atoms with Crippen molar-refractivity contribution in [1.29, 1.82) is 0 Å². The van der Waals surface area contributed by atoms with E-state index in [4.69, 9.17) is 23.2 Å². The fourth-order valence-corrected chi connectivity index (χ4v) is 6.49. The van der Waals surface area contributed by atoms with Crippen molar-refractivity contribution in [2.45, 2.75) is 64.0 Å². The van der Waals surface area contributed by atoms with Gasteiger partial charge in [-0.3, -0.25) is 24.0 Å². The first-order valence-electron chi connectivity index (χ1n) is 13.1. The van der Waals surface area contributed by atoms with Gasteiger partial charge in [-0.15, -0.1) is 0 Å². The van der Waals surface area contributed by atoms with Crippen molar-refractivity contribution in [3.05, 3.63) is 81.4 Å². The van der Waals surface area contributed by atoms with Gasteiger partial charge in [0, 0.05) is 30.6 Å². The Labute approximate surface area is 236 Å². The standard InChI is InChI=1S/C29H30Cl2N4O4/c1-17-21(13-33-35(17)20-8-10-29(2,11-9-20)28(38)39)27(37)34-16-19(18-6-4-3-5-7-18)12-24(34)26(36)25-22(30)14-32-15-23(25)31/h3-7,13-15,19-20,24H,8-12,16H2,1-2H3,(H,38,39)/t19-,20-,24-,29-/m0/s1. The number of likely N-dealkylation sites (tertiary alicyclic amines) is 1. The second-order valence-corrected chi connectivity index (χ2v) is 11.7. The first-order chi connectivity index (χ1) is 18.6. The molecule has 10 heteroatoms. The third-order valence-corrected chi connectivity index (χ3v) is 9.00. The van der Waals surface area contributed by atoms with Gasteiger partial charge in [0.1, 0.15) is 0 Å². The number of carboxylic acid groups (broad SMARTS) is 1. The van der Waals surface area contributed by atoms with E-state index in [2.05, 4.69) is 10.1 Å². The predicted molar refractivity (Wildman–Crippen MR) is 147 cm³/mol. The van der Waals surface area contributed by atoms with Gasteiger partial charge in [-0.1, -0.05) is 53.5 Å². The Hall–Kier alpha value is -3.23. The van der Waals surface area contributed by atoms with Gasteiger partial charge in [0.25, 0.3) is 5.91 Å². The molecule has 204 valence electrons. The van der Waals surface area contributed by atoms with Crippen molar-refractivity contribution < 1.29 is 19.5 Å². The maximum Gasteiger partial charge on any atom is 0.309 e. The summed E-state index contributed by atoms with van der Waals surface area (Å²) < 4.78 is 1.84. The SMILES string of the molecule is Cc1c(C(=O)N2C[C@@H](c3ccccc3)C[C@H]2C(=O)c2c(Cl)cncc2Cl)cnn1[C@H]1CC[C@](C)(C(=O)O)CC1. The Morgan fingerprint density at radius 2 is 1.67 bits per heavy atom. The Morgan fingerprint density at radius 1 is 1.03 bits per heavy atom. The maximum atomic E-state index is 14.0. The van der Waals surface area contributed by atoms with Crippen LogP contribution in [0.3, 0.4) is 0 Å². The monoisotopic (exact) mass is 568 g/mol. The summed E-state index contributed by atoms with van der Waals surface area (Å²) in [5.74, 6) is -1.40. The number of aliphatic carboxylic acids is 1. The molecule has 2 atom stereocenters. The van der Waals surface area contributed by atoms with E-state index in [-0.39, 0.29) is 39.3 Å². The van der Waals surface area contributed by atoms with Gasteiger partial charge in [-0.05, 0) is 51.5 Å².